The molecular weight excluding hydrogens is 174 g/mol. The van der Waals surface area contributed by atoms with Crippen LogP contribution in [0.5, 0.6) is 0 Å². The molecule has 3 heteroatoms. The van der Waals surface area contributed by atoms with Gasteiger partial charge in [-0.3, -0.25) is 5.10 Å². The Balaban J connectivity index is 2.06. The summed E-state index contributed by atoms with van der Waals surface area (Å²) in [6.07, 6.45) is 5.24. The Morgan fingerprint density at radius 1 is 1.50 bits per heavy atom. The lowest BCUT2D eigenvalue weighted by Gasteiger charge is -2.06. The first-order chi connectivity index (χ1) is 6.68. The van der Waals surface area contributed by atoms with Crippen LogP contribution in [-0.4, -0.2) is 10.2 Å². The number of nitrogens with zero attached hydrogens (tertiary/aromatic N) is 1. The Kier molecular flexibility index (Phi) is 2.48. The molecule has 1 heterocycles. The van der Waals surface area contributed by atoms with E-state index < -0.39 is 0 Å². The van der Waals surface area contributed by atoms with Crippen LogP contribution in [0.15, 0.2) is 0 Å². The Morgan fingerprint density at radius 2 is 2.21 bits per heavy atom. The van der Waals surface area contributed by atoms with E-state index in [-0.39, 0.29) is 0 Å². The monoisotopic (exact) mass is 193 g/mol. The number of aromatic nitrogens is 2. The molecule has 0 radical (unpaired) electrons. The van der Waals surface area contributed by atoms with Crippen molar-refractivity contribution in [3.63, 3.8) is 0 Å². The summed E-state index contributed by atoms with van der Waals surface area (Å²) >= 11 is 0. The van der Waals surface area contributed by atoms with Crippen LogP contribution in [0.4, 0.5) is 5.82 Å². The predicted molar refractivity (Wildman–Crippen MR) is 58.1 cm³/mol. The van der Waals surface area contributed by atoms with Crippen molar-refractivity contribution >= 4 is 5.82 Å². The topological polar surface area (TPSA) is 54.7 Å². The van der Waals surface area contributed by atoms with Gasteiger partial charge in [-0.05, 0) is 24.7 Å². The molecule has 0 aromatic carbocycles. The number of H-pyrrole nitrogens is 1. The first kappa shape index (κ1) is 9.56. The maximum Gasteiger partial charge on any atom is 0.148 e. The molecule has 1 fully saturated rings. The average molecular weight is 193 g/mol. The van der Waals surface area contributed by atoms with Gasteiger partial charge in [0, 0.05) is 11.3 Å². The summed E-state index contributed by atoms with van der Waals surface area (Å²) in [7, 11) is 0. The molecule has 1 aliphatic carbocycles. The smallest absolute Gasteiger partial charge is 0.148 e. The third kappa shape index (κ3) is 1.91. The van der Waals surface area contributed by atoms with Gasteiger partial charge >= 0.3 is 0 Å². The molecule has 0 atom stereocenters. The van der Waals surface area contributed by atoms with E-state index in [4.69, 9.17) is 5.73 Å². The Bertz CT molecular complexity index is 310. The van der Waals surface area contributed by atoms with Crippen molar-refractivity contribution in [3.8, 4) is 0 Å². The Hall–Kier alpha value is -0.990. The van der Waals surface area contributed by atoms with Gasteiger partial charge in [-0.15, -0.1) is 0 Å². The van der Waals surface area contributed by atoms with Crippen molar-refractivity contribution < 1.29 is 0 Å². The van der Waals surface area contributed by atoms with E-state index in [1.165, 1.54) is 30.5 Å². The fraction of sp³-hybridized carbons (Fsp3) is 0.727. The number of anilines is 1. The molecule has 0 bridgehead atoms. The van der Waals surface area contributed by atoms with Gasteiger partial charge in [0.1, 0.15) is 5.82 Å². The number of hydrogen-bond donors (Lipinski definition) is 2. The van der Waals surface area contributed by atoms with E-state index in [0.29, 0.717) is 11.7 Å². The minimum atomic E-state index is 0.475. The quantitative estimate of drug-likeness (QED) is 0.771. The second-order valence-corrected chi connectivity index (χ2v) is 4.64. The fourth-order valence-corrected chi connectivity index (χ4v) is 1.99. The molecule has 1 aromatic heterocycles. The largest absolute Gasteiger partial charge is 0.382 e. The molecule has 14 heavy (non-hydrogen) atoms. The van der Waals surface area contributed by atoms with E-state index in [1.807, 2.05) is 0 Å². The lowest BCUT2D eigenvalue weighted by Crippen LogP contribution is -1.98. The van der Waals surface area contributed by atoms with E-state index in [9.17, 15) is 0 Å². The predicted octanol–water partition coefficient (Wildman–Crippen LogP) is 2.46. The van der Waals surface area contributed by atoms with Crippen molar-refractivity contribution in [1.82, 2.24) is 10.2 Å². The zero-order valence-corrected chi connectivity index (χ0v) is 9.01. The van der Waals surface area contributed by atoms with E-state index in [2.05, 4.69) is 24.0 Å². The summed E-state index contributed by atoms with van der Waals surface area (Å²) < 4.78 is 0. The van der Waals surface area contributed by atoms with Crippen molar-refractivity contribution in [2.75, 3.05) is 5.73 Å². The van der Waals surface area contributed by atoms with Gasteiger partial charge in [-0.1, -0.05) is 26.7 Å². The van der Waals surface area contributed by atoms with Crippen LogP contribution in [0.2, 0.25) is 0 Å². The number of rotatable bonds is 4. The fourth-order valence-electron chi connectivity index (χ4n) is 1.99. The third-order valence-corrected chi connectivity index (χ3v) is 2.99. The van der Waals surface area contributed by atoms with Crippen molar-refractivity contribution in [2.24, 2.45) is 5.92 Å². The lowest BCUT2D eigenvalue weighted by molar-refractivity contribution is 0.700. The zero-order chi connectivity index (χ0) is 10.1. The number of hydrogen-bond acceptors (Lipinski definition) is 2. The Labute approximate surface area is 85.1 Å². The first-order valence-corrected chi connectivity index (χ1v) is 5.51. The van der Waals surface area contributed by atoms with Crippen LogP contribution in [0, 0.1) is 5.92 Å². The minimum absolute atomic E-state index is 0.475. The highest BCUT2D eigenvalue weighted by Gasteiger charge is 2.22. The van der Waals surface area contributed by atoms with E-state index in [1.54, 1.807) is 0 Å². The zero-order valence-electron chi connectivity index (χ0n) is 9.01. The molecule has 1 saturated carbocycles. The van der Waals surface area contributed by atoms with Gasteiger partial charge in [0.05, 0.1) is 0 Å². The number of nitrogens with one attached hydrogen (secondary N) is 1. The molecular formula is C11H19N3. The van der Waals surface area contributed by atoms with Crippen LogP contribution >= 0.6 is 0 Å². The van der Waals surface area contributed by atoms with Gasteiger partial charge in [0.2, 0.25) is 0 Å². The lowest BCUT2D eigenvalue weighted by atomic mass is 10.00. The highest BCUT2D eigenvalue weighted by molar-refractivity contribution is 5.44. The molecule has 0 aliphatic heterocycles. The number of nitrogen functional groups attached to an aromatic ring is 1. The second kappa shape index (κ2) is 3.64. The number of aromatic amines is 1. The third-order valence-electron chi connectivity index (χ3n) is 2.99. The SMILES string of the molecule is CC(C)c1c(N)n[nH]c1CCC1CC1. The standard InChI is InChI=1S/C11H19N3/c1-7(2)10-9(13-14-11(10)12)6-5-8-3-4-8/h7-8H,3-6H2,1-2H3,(H3,12,13,14). The van der Waals surface area contributed by atoms with E-state index >= 15 is 0 Å². The normalized spacial score (nSPS) is 16.5. The molecule has 0 unspecified atom stereocenters. The summed E-state index contributed by atoms with van der Waals surface area (Å²) in [5.41, 5.74) is 8.30. The molecule has 0 saturated heterocycles. The summed E-state index contributed by atoms with van der Waals surface area (Å²) in [5.74, 6) is 2.13. The van der Waals surface area contributed by atoms with Gasteiger partial charge < -0.3 is 5.73 Å². The average Bonchev–Trinajstić information content (AvgIpc) is 2.86. The van der Waals surface area contributed by atoms with Crippen LogP contribution in [0.1, 0.15) is 50.3 Å². The van der Waals surface area contributed by atoms with Crippen LogP contribution in [-0.2, 0) is 6.42 Å². The molecule has 3 N–H and O–H groups in total. The second-order valence-electron chi connectivity index (χ2n) is 4.64. The van der Waals surface area contributed by atoms with Crippen LogP contribution in [0.3, 0.4) is 0 Å². The van der Waals surface area contributed by atoms with Crippen molar-refractivity contribution in [1.29, 1.82) is 0 Å². The van der Waals surface area contributed by atoms with Crippen molar-refractivity contribution in [3.05, 3.63) is 11.3 Å². The van der Waals surface area contributed by atoms with Crippen LogP contribution in [0.25, 0.3) is 0 Å². The maximum atomic E-state index is 5.82. The molecule has 78 valence electrons. The molecule has 1 aliphatic rings. The highest BCUT2D eigenvalue weighted by Crippen LogP contribution is 2.34. The van der Waals surface area contributed by atoms with Gasteiger partial charge in [-0.25, -0.2) is 0 Å². The molecule has 1 aromatic rings. The number of nitrogens with two attached hydrogens (primary N) is 1. The molecule has 3 nitrogen and oxygen atoms in total. The van der Waals surface area contributed by atoms with Crippen LogP contribution < -0.4 is 5.73 Å². The highest BCUT2D eigenvalue weighted by atomic mass is 15.2. The first-order valence-electron chi connectivity index (χ1n) is 5.51. The summed E-state index contributed by atoms with van der Waals surface area (Å²) in [5, 5.41) is 7.15. The maximum absolute atomic E-state index is 5.82. The minimum Gasteiger partial charge on any atom is -0.382 e. The van der Waals surface area contributed by atoms with Gasteiger partial charge in [-0.2, -0.15) is 5.10 Å². The molecule has 0 amide bonds. The van der Waals surface area contributed by atoms with E-state index in [0.717, 1.165) is 12.3 Å². The van der Waals surface area contributed by atoms with Crippen molar-refractivity contribution in [2.45, 2.75) is 45.4 Å². The number of aryl methyl sites for hydroxylation is 1. The van der Waals surface area contributed by atoms with Gasteiger partial charge in [0.15, 0.2) is 0 Å². The van der Waals surface area contributed by atoms with Gasteiger partial charge in [0.25, 0.3) is 0 Å². The molecule has 2 rings (SSSR count). The summed E-state index contributed by atoms with van der Waals surface area (Å²) in [4.78, 5) is 0. The summed E-state index contributed by atoms with van der Waals surface area (Å²) in [6.45, 7) is 4.34. The summed E-state index contributed by atoms with van der Waals surface area (Å²) in [6, 6.07) is 0. The Morgan fingerprint density at radius 3 is 2.79 bits per heavy atom. The molecule has 0 spiro atoms.